The molecule has 2 N–H and O–H groups in total. The van der Waals surface area contributed by atoms with Crippen LogP contribution in [0, 0.1) is 5.92 Å². The number of nitrogens with zero attached hydrogens (tertiary/aromatic N) is 1. The van der Waals surface area contributed by atoms with Gasteiger partial charge in [-0.2, -0.15) is 0 Å². The minimum Gasteiger partial charge on any atom is -0.328 e. The molecule has 2 nitrogen and oxygen atoms in total. The van der Waals surface area contributed by atoms with Crippen molar-refractivity contribution in [3.8, 4) is 0 Å². The molecule has 0 radical (unpaired) electrons. The molecule has 1 saturated heterocycles. The molecule has 1 aromatic heterocycles. The lowest BCUT2D eigenvalue weighted by molar-refractivity contribution is 0.0851. The van der Waals surface area contributed by atoms with Crippen LogP contribution in [0.4, 0.5) is 0 Å². The Labute approximate surface area is 108 Å². The van der Waals surface area contributed by atoms with Gasteiger partial charge in [-0.3, -0.25) is 4.90 Å². The Morgan fingerprint density at radius 3 is 2.82 bits per heavy atom. The molecule has 0 amide bonds. The molecule has 1 aromatic rings. The normalized spacial score (nSPS) is 32.6. The maximum Gasteiger partial charge on any atom is 0.0472 e. The SMILES string of the molecule is CC1CC(N)CCN1C(c1cccs1)C1CC1. The molecule has 0 spiro atoms. The number of likely N-dealkylation sites (tertiary alicyclic amines) is 1. The Morgan fingerprint density at radius 2 is 2.24 bits per heavy atom. The van der Waals surface area contributed by atoms with E-state index in [1.54, 1.807) is 4.88 Å². The molecular formula is C14H22N2S. The molecule has 3 unspecified atom stereocenters. The molecule has 2 heterocycles. The van der Waals surface area contributed by atoms with Crippen molar-refractivity contribution >= 4 is 11.3 Å². The average Bonchev–Trinajstić information content (AvgIpc) is 2.97. The van der Waals surface area contributed by atoms with Gasteiger partial charge in [0.2, 0.25) is 0 Å². The first-order valence-corrected chi connectivity index (χ1v) is 7.68. The minimum absolute atomic E-state index is 0.421. The topological polar surface area (TPSA) is 29.3 Å². The first-order chi connectivity index (χ1) is 8.25. The standard InChI is InChI=1S/C14H22N2S/c1-10-9-12(15)6-7-16(10)14(11-4-5-11)13-3-2-8-17-13/h2-3,8,10-12,14H,4-7,9,15H2,1H3. The van der Waals surface area contributed by atoms with Crippen LogP contribution in [0.1, 0.15) is 43.5 Å². The number of nitrogens with two attached hydrogens (primary N) is 1. The summed E-state index contributed by atoms with van der Waals surface area (Å²) in [6.07, 6.45) is 5.16. The zero-order valence-electron chi connectivity index (χ0n) is 10.5. The fraction of sp³-hybridized carbons (Fsp3) is 0.714. The Balaban J connectivity index is 1.79. The monoisotopic (exact) mass is 250 g/mol. The summed E-state index contributed by atoms with van der Waals surface area (Å²) in [4.78, 5) is 4.28. The van der Waals surface area contributed by atoms with Gasteiger partial charge in [-0.15, -0.1) is 11.3 Å². The Bertz CT molecular complexity index is 358. The second kappa shape index (κ2) is 4.71. The van der Waals surface area contributed by atoms with E-state index in [1.807, 2.05) is 11.3 Å². The van der Waals surface area contributed by atoms with Gasteiger partial charge in [0.05, 0.1) is 0 Å². The molecule has 94 valence electrons. The molecule has 3 rings (SSSR count). The van der Waals surface area contributed by atoms with Crippen LogP contribution >= 0.6 is 11.3 Å². The fourth-order valence-electron chi connectivity index (χ4n) is 3.18. The van der Waals surface area contributed by atoms with Gasteiger partial charge in [-0.1, -0.05) is 6.07 Å². The van der Waals surface area contributed by atoms with Crippen molar-refractivity contribution in [2.45, 2.75) is 50.7 Å². The molecular weight excluding hydrogens is 228 g/mol. The summed E-state index contributed by atoms with van der Waals surface area (Å²) in [5.74, 6) is 0.908. The third kappa shape index (κ3) is 2.42. The van der Waals surface area contributed by atoms with Crippen molar-refractivity contribution in [3.05, 3.63) is 22.4 Å². The fourth-order valence-corrected chi connectivity index (χ4v) is 4.12. The second-order valence-corrected chi connectivity index (χ2v) is 6.65. The lowest BCUT2D eigenvalue weighted by atomic mass is 9.95. The van der Waals surface area contributed by atoms with E-state index in [-0.39, 0.29) is 0 Å². The van der Waals surface area contributed by atoms with E-state index in [2.05, 4.69) is 29.3 Å². The largest absolute Gasteiger partial charge is 0.328 e. The lowest BCUT2D eigenvalue weighted by Gasteiger charge is -2.41. The van der Waals surface area contributed by atoms with Gasteiger partial charge in [0.1, 0.15) is 0 Å². The number of hydrogen-bond donors (Lipinski definition) is 1. The van der Waals surface area contributed by atoms with Gasteiger partial charge in [0, 0.05) is 29.5 Å². The number of rotatable bonds is 3. The zero-order valence-corrected chi connectivity index (χ0v) is 11.3. The highest BCUT2D eigenvalue weighted by molar-refractivity contribution is 7.10. The van der Waals surface area contributed by atoms with Crippen molar-refractivity contribution in [3.63, 3.8) is 0 Å². The molecule has 0 aromatic carbocycles. The Hall–Kier alpha value is -0.380. The van der Waals surface area contributed by atoms with E-state index in [4.69, 9.17) is 5.73 Å². The Morgan fingerprint density at radius 1 is 1.41 bits per heavy atom. The van der Waals surface area contributed by atoms with E-state index in [0.29, 0.717) is 18.1 Å². The third-order valence-corrected chi connectivity index (χ3v) is 5.17. The first-order valence-electron chi connectivity index (χ1n) is 6.80. The van der Waals surface area contributed by atoms with Crippen molar-refractivity contribution in [2.24, 2.45) is 11.7 Å². The summed E-state index contributed by atoms with van der Waals surface area (Å²) >= 11 is 1.92. The average molecular weight is 250 g/mol. The van der Waals surface area contributed by atoms with Crippen molar-refractivity contribution in [2.75, 3.05) is 6.54 Å². The molecule has 0 bridgehead atoms. The van der Waals surface area contributed by atoms with E-state index >= 15 is 0 Å². The van der Waals surface area contributed by atoms with E-state index < -0.39 is 0 Å². The predicted octanol–water partition coefficient (Wildman–Crippen LogP) is 3.01. The van der Waals surface area contributed by atoms with Gasteiger partial charge in [0.15, 0.2) is 0 Å². The molecule has 2 fully saturated rings. The smallest absolute Gasteiger partial charge is 0.0472 e. The summed E-state index contributed by atoms with van der Waals surface area (Å²) in [6.45, 7) is 3.53. The van der Waals surface area contributed by atoms with Gasteiger partial charge in [-0.05, 0) is 50.0 Å². The second-order valence-electron chi connectivity index (χ2n) is 5.67. The Kier molecular flexibility index (Phi) is 3.24. The van der Waals surface area contributed by atoms with E-state index in [0.717, 1.165) is 12.3 Å². The molecule has 3 atom stereocenters. The van der Waals surface area contributed by atoms with E-state index in [9.17, 15) is 0 Å². The van der Waals surface area contributed by atoms with Crippen LogP contribution in [0.5, 0.6) is 0 Å². The predicted molar refractivity (Wildman–Crippen MR) is 73.2 cm³/mol. The quantitative estimate of drug-likeness (QED) is 0.893. The van der Waals surface area contributed by atoms with Crippen molar-refractivity contribution < 1.29 is 0 Å². The number of thiophene rings is 1. The molecule has 2 aliphatic rings. The maximum absolute atomic E-state index is 6.07. The summed E-state index contributed by atoms with van der Waals surface area (Å²) in [5.41, 5.74) is 6.07. The van der Waals surface area contributed by atoms with Gasteiger partial charge in [0.25, 0.3) is 0 Å². The first kappa shape index (κ1) is 11.7. The van der Waals surface area contributed by atoms with Crippen LogP contribution in [0.3, 0.4) is 0 Å². The number of piperidine rings is 1. The van der Waals surface area contributed by atoms with Crippen LogP contribution < -0.4 is 5.73 Å². The zero-order chi connectivity index (χ0) is 11.8. The third-order valence-electron chi connectivity index (χ3n) is 4.23. The van der Waals surface area contributed by atoms with Crippen LogP contribution in [-0.4, -0.2) is 23.5 Å². The van der Waals surface area contributed by atoms with E-state index in [1.165, 1.54) is 25.8 Å². The van der Waals surface area contributed by atoms with Gasteiger partial charge in [-0.25, -0.2) is 0 Å². The summed E-state index contributed by atoms with van der Waals surface area (Å²) in [7, 11) is 0. The van der Waals surface area contributed by atoms with Crippen molar-refractivity contribution in [1.29, 1.82) is 0 Å². The van der Waals surface area contributed by atoms with Crippen LogP contribution in [0.15, 0.2) is 17.5 Å². The molecule has 1 aliphatic heterocycles. The lowest BCUT2D eigenvalue weighted by Crippen LogP contribution is -2.47. The molecule has 1 saturated carbocycles. The highest BCUT2D eigenvalue weighted by Gasteiger charge is 2.40. The van der Waals surface area contributed by atoms with Gasteiger partial charge >= 0.3 is 0 Å². The summed E-state index contributed by atoms with van der Waals surface area (Å²) < 4.78 is 0. The highest BCUT2D eigenvalue weighted by Crippen LogP contribution is 2.47. The summed E-state index contributed by atoms with van der Waals surface area (Å²) in [5, 5.41) is 2.21. The van der Waals surface area contributed by atoms with Crippen LogP contribution in [-0.2, 0) is 0 Å². The number of hydrogen-bond acceptors (Lipinski definition) is 3. The van der Waals surface area contributed by atoms with Crippen LogP contribution in [0.25, 0.3) is 0 Å². The molecule has 3 heteroatoms. The minimum atomic E-state index is 0.421. The molecule has 1 aliphatic carbocycles. The van der Waals surface area contributed by atoms with Crippen molar-refractivity contribution in [1.82, 2.24) is 4.90 Å². The highest BCUT2D eigenvalue weighted by atomic mass is 32.1. The summed E-state index contributed by atoms with van der Waals surface area (Å²) in [6, 6.07) is 6.25. The van der Waals surface area contributed by atoms with Gasteiger partial charge < -0.3 is 5.73 Å². The molecule has 17 heavy (non-hydrogen) atoms. The maximum atomic E-state index is 6.07. The van der Waals surface area contributed by atoms with Crippen LogP contribution in [0.2, 0.25) is 0 Å².